The molecule has 1 aromatic carbocycles. The van der Waals surface area contributed by atoms with E-state index in [2.05, 4.69) is 5.32 Å². The second-order valence-corrected chi connectivity index (χ2v) is 4.02. The molecule has 1 aliphatic rings. The van der Waals surface area contributed by atoms with Crippen molar-refractivity contribution in [2.45, 2.75) is 12.0 Å². The highest BCUT2D eigenvalue weighted by molar-refractivity contribution is 6.30. The van der Waals surface area contributed by atoms with E-state index >= 15 is 0 Å². The normalized spacial score (nSPS) is 20.5. The van der Waals surface area contributed by atoms with E-state index in [0.29, 0.717) is 11.6 Å². The molecule has 1 aromatic rings. The predicted molar refractivity (Wildman–Crippen MR) is 58.3 cm³/mol. The molecule has 1 aliphatic heterocycles. The molecule has 2 atom stereocenters. The van der Waals surface area contributed by atoms with Gasteiger partial charge in [0.15, 0.2) is 0 Å². The molecular weight excluding hydrogens is 216 g/mol. The number of carbonyl (C=O) groups is 1. The summed E-state index contributed by atoms with van der Waals surface area (Å²) in [7, 11) is 0. The lowest BCUT2D eigenvalue weighted by molar-refractivity contribution is -0.138. The number of fused-ring (bicyclic) bond motifs is 1. The van der Waals surface area contributed by atoms with Crippen molar-refractivity contribution in [1.82, 2.24) is 0 Å². The first kappa shape index (κ1) is 10.3. The Kier molecular flexibility index (Phi) is 2.54. The number of halogens is 1. The zero-order valence-electron chi connectivity index (χ0n) is 7.90. The molecule has 5 heteroatoms. The molecule has 2 unspecified atom stereocenters. The molecule has 0 saturated heterocycles. The Hall–Kier alpha value is -1.26. The van der Waals surface area contributed by atoms with Gasteiger partial charge in [-0.2, -0.15) is 0 Å². The number of hydrogen-bond donors (Lipinski definition) is 3. The average Bonchev–Trinajstić information content (AvgIpc) is 2.59. The summed E-state index contributed by atoms with van der Waals surface area (Å²) in [5, 5.41) is 12.6. The molecule has 0 aliphatic carbocycles. The minimum atomic E-state index is -0.991. The van der Waals surface area contributed by atoms with Gasteiger partial charge in [-0.05, 0) is 23.8 Å². The van der Waals surface area contributed by atoms with Crippen LogP contribution < -0.4 is 11.1 Å². The third-order valence-electron chi connectivity index (χ3n) is 2.64. The average molecular weight is 227 g/mol. The van der Waals surface area contributed by atoms with Crippen molar-refractivity contribution in [2.24, 2.45) is 5.73 Å². The van der Waals surface area contributed by atoms with Crippen LogP contribution in [0.15, 0.2) is 18.2 Å². The Morgan fingerprint density at radius 1 is 1.67 bits per heavy atom. The van der Waals surface area contributed by atoms with Crippen molar-refractivity contribution in [2.75, 3.05) is 11.9 Å². The standard InChI is InChI=1S/C10H11ClN2O2/c11-5-1-2-8-6(3-5)7(4-13-8)9(12)10(14)15/h1-3,7,9,13H,4,12H2,(H,14,15). The zero-order valence-corrected chi connectivity index (χ0v) is 8.66. The number of aliphatic carboxylic acids is 1. The van der Waals surface area contributed by atoms with Crippen molar-refractivity contribution < 1.29 is 9.90 Å². The lowest BCUT2D eigenvalue weighted by Gasteiger charge is -2.14. The molecule has 80 valence electrons. The summed E-state index contributed by atoms with van der Waals surface area (Å²) in [5.74, 6) is -1.20. The van der Waals surface area contributed by atoms with Crippen LogP contribution in [-0.2, 0) is 4.79 Å². The van der Waals surface area contributed by atoms with Crippen molar-refractivity contribution in [3.8, 4) is 0 Å². The smallest absolute Gasteiger partial charge is 0.321 e. The number of hydrogen-bond acceptors (Lipinski definition) is 3. The summed E-state index contributed by atoms with van der Waals surface area (Å²) in [6, 6.07) is 4.48. The van der Waals surface area contributed by atoms with Gasteiger partial charge < -0.3 is 16.2 Å². The summed E-state index contributed by atoms with van der Waals surface area (Å²) in [5.41, 5.74) is 7.41. The first-order valence-electron chi connectivity index (χ1n) is 4.61. The number of benzene rings is 1. The molecule has 0 spiro atoms. The lowest BCUT2D eigenvalue weighted by Crippen LogP contribution is -2.37. The quantitative estimate of drug-likeness (QED) is 0.710. The van der Waals surface area contributed by atoms with Crippen molar-refractivity contribution in [3.63, 3.8) is 0 Å². The maximum atomic E-state index is 10.8. The Labute approximate surface area is 92.0 Å². The van der Waals surface area contributed by atoms with Gasteiger partial charge in [-0.1, -0.05) is 11.6 Å². The van der Waals surface area contributed by atoms with Gasteiger partial charge in [-0.3, -0.25) is 4.79 Å². The molecule has 1 heterocycles. The van der Waals surface area contributed by atoms with Crippen LogP contribution in [0.1, 0.15) is 11.5 Å². The summed E-state index contributed by atoms with van der Waals surface area (Å²) >= 11 is 5.86. The Bertz CT molecular complexity index is 408. The molecular formula is C10H11ClN2O2. The van der Waals surface area contributed by atoms with Gasteiger partial charge in [0.25, 0.3) is 0 Å². The molecule has 4 N–H and O–H groups in total. The van der Waals surface area contributed by atoms with Crippen molar-refractivity contribution in [3.05, 3.63) is 28.8 Å². The van der Waals surface area contributed by atoms with E-state index in [-0.39, 0.29) is 5.92 Å². The van der Waals surface area contributed by atoms with E-state index in [9.17, 15) is 4.79 Å². The van der Waals surface area contributed by atoms with Gasteiger partial charge in [0, 0.05) is 23.2 Å². The molecule has 15 heavy (non-hydrogen) atoms. The first-order valence-corrected chi connectivity index (χ1v) is 4.99. The monoisotopic (exact) mass is 226 g/mol. The van der Waals surface area contributed by atoms with Crippen LogP contribution in [0.25, 0.3) is 0 Å². The van der Waals surface area contributed by atoms with Crippen molar-refractivity contribution >= 4 is 23.3 Å². The maximum absolute atomic E-state index is 10.8. The number of anilines is 1. The third-order valence-corrected chi connectivity index (χ3v) is 2.88. The van der Waals surface area contributed by atoms with Gasteiger partial charge in [0.05, 0.1) is 0 Å². The fourth-order valence-corrected chi connectivity index (χ4v) is 2.00. The number of carboxylic acids is 1. The van der Waals surface area contributed by atoms with Crippen LogP contribution in [0.5, 0.6) is 0 Å². The summed E-state index contributed by atoms with van der Waals surface area (Å²) in [6.07, 6.45) is 0. The molecule has 0 bridgehead atoms. The summed E-state index contributed by atoms with van der Waals surface area (Å²) in [4.78, 5) is 10.8. The Morgan fingerprint density at radius 2 is 2.40 bits per heavy atom. The van der Waals surface area contributed by atoms with Crippen LogP contribution in [0, 0.1) is 0 Å². The maximum Gasteiger partial charge on any atom is 0.321 e. The number of nitrogens with two attached hydrogens (primary N) is 1. The number of nitrogens with one attached hydrogen (secondary N) is 1. The first-order chi connectivity index (χ1) is 7.09. The van der Waals surface area contributed by atoms with E-state index < -0.39 is 12.0 Å². The third kappa shape index (κ3) is 1.78. The van der Waals surface area contributed by atoms with E-state index in [1.54, 1.807) is 12.1 Å². The molecule has 0 fully saturated rings. The van der Waals surface area contributed by atoms with Crippen LogP contribution in [0.3, 0.4) is 0 Å². The minimum Gasteiger partial charge on any atom is -0.480 e. The highest BCUT2D eigenvalue weighted by Gasteiger charge is 2.31. The minimum absolute atomic E-state index is 0.212. The lowest BCUT2D eigenvalue weighted by atomic mass is 9.94. The van der Waals surface area contributed by atoms with Crippen molar-refractivity contribution in [1.29, 1.82) is 0 Å². The molecule has 0 saturated carbocycles. The molecule has 2 rings (SSSR count). The summed E-state index contributed by atoms with van der Waals surface area (Å²) in [6.45, 7) is 0.545. The fourth-order valence-electron chi connectivity index (χ4n) is 1.82. The van der Waals surface area contributed by atoms with E-state index in [4.69, 9.17) is 22.4 Å². The van der Waals surface area contributed by atoms with Gasteiger partial charge in [0.2, 0.25) is 0 Å². The second kappa shape index (κ2) is 3.72. The number of carboxylic acid groups (broad SMARTS) is 1. The van der Waals surface area contributed by atoms with E-state index in [1.165, 1.54) is 0 Å². The van der Waals surface area contributed by atoms with Crippen LogP contribution in [0.4, 0.5) is 5.69 Å². The number of rotatable bonds is 2. The van der Waals surface area contributed by atoms with E-state index in [1.807, 2.05) is 6.07 Å². The highest BCUT2D eigenvalue weighted by Crippen LogP contribution is 2.34. The Balaban J connectivity index is 2.35. The highest BCUT2D eigenvalue weighted by atomic mass is 35.5. The second-order valence-electron chi connectivity index (χ2n) is 3.58. The molecule has 0 aromatic heterocycles. The van der Waals surface area contributed by atoms with Crippen LogP contribution >= 0.6 is 11.6 Å². The van der Waals surface area contributed by atoms with Crippen LogP contribution in [-0.4, -0.2) is 23.7 Å². The van der Waals surface area contributed by atoms with Gasteiger partial charge >= 0.3 is 5.97 Å². The van der Waals surface area contributed by atoms with E-state index in [0.717, 1.165) is 11.3 Å². The van der Waals surface area contributed by atoms with Gasteiger partial charge in [-0.25, -0.2) is 0 Å². The molecule has 4 nitrogen and oxygen atoms in total. The Morgan fingerprint density at radius 3 is 3.07 bits per heavy atom. The van der Waals surface area contributed by atoms with Crippen LogP contribution in [0.2, 0.25) is 5.02 Å². The largest absolute Gasteiger partial charge is 0.480 e. The summed E-state index contributed by atoms with van der Waals surface area (Å²) < 4.78 is 0. The van der Waals surface area contributed by atoms with Gasteiger partial charge in [-0.15, -0.1) is 0 Å². The van der Waals surface area contributed by atoms with Gasteiger partial charge in [0.1, 0.15) is 6.04 Å². The molecule has 0 amide bonds. The predicted octanol–water partition coefficient (Wildman–Crippen LogP) is 1.26. The topological polar surface area (TPSA) is 75.4 Å². The fraction of sp³-hybridized carbons (Fsp3) is 0.300. The zero-order chi connectivity index (χ0) is 11.0. The SMILES string of the molecule is NC(C(=O)O)C1CNc2ccc(Cl)cc21. The molecule has 0 radical (unpaired) electrons.